The summed E-state index contributed by atoms with van der Waals surface area (Å²) in [5.41, 5.74) is 2.05. The van der Waals surface area contributed by atoms with E-state index < -0.39 is 18.1 Å². The summed E-state index contributed by atoms with van der Waals surface area (Å²) in [6.07, 6.45) is 0.405. The highest BCUT2D eigenvalue weighted by Gasteiger charge is 2.45. The topological polar surface area (TPSA) is 12.0 Å². The Morgan fingerprint density at radius 3 is 2.10 bits per heavy atom. The van der Waals surface area contributed by atoms with Crippen LogP contribution in [0.3, 0.4) is 0 Å². The summed E-state index contributed by atoms with van der Waals surface area (Å²) in [5.74, 6) is -0.632. The molecule has 1 heterocycles. The van der Waals surface area contributed by atoms with Gasteiger partial charge in [0.25, 0.3) is 0 Å². The summed E-state index contributed by atoms with van der Waals surface area (Å²) >= 11 is 0. The van der Waals surface area contributed by atoms with Gasteiger partial charge >= 0.3 is 6.18 Å². The Kier molecular flexibility index (Phi) is 3.76. The quantitative estimate of drug-likeness (QED) is 0.839. The van der Waals surface area contributed by atoms with E-state index in [0.29, 0.717) is 18.9 Å². The lowest BCUT2D eigenvalue weighted by molar-refractivity contribution is -0.189. The van der Waals surface area contributed by atoms with Crippen molar-refractivity contribution >= 4 is 0 Å². The second-order valence-electron chi connectivity index (χ2n) is 6.02. The Labute approximate surface area is 117 Å². The summed E-state index contributed by atoms with van der Waals surface area (Å²) in [5, 5.41) is 3.05. The lowest BCUT2D eigenvalue weighted by atomic mass is 9.79. The molecule has 0 bridgehead atoms. The van der Waals surface area contributed by atoms with Crippen LogP contribution in [-0.2, 0) is 0 Å². The highest BCUT2D eigenvalue weighted by atomic mass is 19.4. The second kappa shape index (κ2) is 5.40. The molecule has 0 spiro atoms. The lowest BCUT2D eigenvalue weighted by Crippen LogP contribution is -2.41. The van der Waals surface area contributed by atoms with E-state index in [0.717, 1.165) is 5.56 Å². The van der Waals surface area contributed by atoms with Crippen molar-refractivity contribution in [2.24, 2.45) is 5.92 Å². The van der Waals surface area contributed by atoms with Gasteiger partial charge in [-0.05, 0) is 49.3 Å². The van der Waals surface area contributed by atoms with Crippen LogP contribution in [0.25, 0.3) is 0 Å². The highest BCUT2D eigenvalue weighted by Crippen LogP contribution is 2.42. The molecular weight excluding hydrogens is 263 g/mol. The van der Waals surface area contributed by atoms with Crippen molar-refractivity contribution < 1.29 is 13.2 Å². The van der Waals surface area contributed by atoms with Crippen LogP contribution in [0.4, 0.5) is 13.2 Å². The Hall–Kier alpha value is -1.03. The van der Waals surface area contributed by atoms with Crippen LogP contribution in [0.15, 0.2) is 24.3 Å². The molecule has 2 atom stereocenters. The van der Waals surface area contributed by atoms with Gasteiger partial charge in [0.1, 0.15) is 0 Å². The summed E-state index contributed by atoms with van der Waals surface area (Å²) in [4.78, 5) is 0. The largest absolute Gasteiger partial charge is 0.393 e. The van der Waals surface area contributed by atoms with Crippen molar-refractivity contribution in [2.75, 3.05) is 6.54 Å². The van der Waals surface area contributed by atoms with E-state index in [4.69, 9.17) is 0 Å². The fourth-order valence-corrected chi connectivity index (χ4v) is 3.31. The van der Waals surface area contributed by atoms with Crippen molar-refractivity contribution in [3.63, 3.8) is 0 Å². The zero-order chi connectivity index (χ0) is 14.2. The van der Waals surface area contributed by atoms with Crippen molar-refractivity contribution in [3.8, 4) is 0 Å². The Morgan fingerprint density at radius 2 is 1.55 bits per heavy atom. The van der Waals surface area contributed by atoms with Crippen LogP contribution in [0.5, 0.6) is 0 Å². The minimum Gasteiger partial charge on any atom is -0.309 e. The van der Waals surface area contributed by atoms with Gasteiger partial charge in [-0.25, -0.2) is 0 Å². The third-order valence-corrected chi connectivity index (χ3v) is 4.75. The molecule has 2 fully saturated rings. The van der Waals surface area contributed by atoms with Gasteiger partial charge in [-0.1, -0.05) is 30.7 Å². The summed E-state index contributed by atoms with van der Waals surface area (Å²) in [7, 11) is 0. The smallest absolute Gasteiger partial charge is 0.309 e. The van der Waals surface area contributed by atoms with Gasteiger partial charge in [0, 0.05) is 6.04 Å². The van der Waals surface area contributed by atoms with E-state index in [1.165, 1.54) is 24.8 Å². The molecule has 2 aliphatic rings. The molecule has 1 aromatic rings. The first-order valence-corrected chi connectivity index (χ1v) is 7.45. The van der Waals surface area contributed by atoms with E-state index in [9.17, 15) is 13.2 Å². The van der Waals surface area contributed by atoms with Gasteiger partial charge in [0.2, 0.25) is 0 Å². The fourth-order valence-electron chi connectivity index (χ4n) is 3.31. The summed E-state index contributed by atoms with van der Waals surface area (Å²) < 4.78 is 39.3. The van der Waals surface area contributed by atoms with Crippen molar-refractivity contribution in [2.45, 2.75) is 50.2 Å². The lowest BCUT2D eigenvalue weighted by Gasteiger charge is -2.34. The third-order valence-electron chi connectivity index (χ3n) is 4.75. The zero-order valence-electron chi connectivity index (χ0n) is 11.4. The van der Waals surface area contributed by atoms with Gasteiger partial charge in [0.15, 0.2) is 0 Å². The van der Waals surface area contributed by atoms with Crippen molar-refractivity contribution in [3.05, 3.63) is 35.4 Å². The molecule has 1 aromatic carbocycles. The molecule has 1 nitrogen and oxygen atoms in total. The summed E-state index contributed by atoms with van der Waals surface area (Å²) in [6.45, 7) is 0.668. The predicted octanol–water partition coefficient (Wildman–Crippen LogP) is 4.56. The number of hydrogen-bond acceptors (Lipinski definition) is 1. The van der Waals surface area contributed by atoms with E-state index >= 15 is 0 Å². The number of benzene rings is 1. The maximum atomic E-state index is 13.1. The molecule has 1 saturated heterocycles. The minimum atomic E-state index is -4.12. The molecule has 4 heteroatoms. The third kappa shape index (κ3) is 2.71. The number of halogens is 3. The standard InChI is InChI=1S/C16H20F3N/c17-16(18,19)14-5-2-10-20-15(14)13-8-6-12(7-9-13)11-3-1-4-11/h6-9,11,14-15,20H,1-5,10H2. The minimum absolute atomic E-state index is 0.228. The summed E-state index contributed by atoms with van der Waals surface area (Å²) in [6, 6.07) is 7.22. The molecule has 0 radical (unpaired) electrons. The molecule has 1 saturated carbocycles. The van der Waals surface area contributed by atoms with Crippen LogP contribution >= 0.6 is 0 Å². The number of nitrogens with one attached hydrogen (secondary N) is 1. The maximum absolute atomic E-state index is 13.1. The molecule has 2 unspecified atom stereocenters. The normalized spacial score (nSPS) is 28.1. The fraction of sp³-hybridized carbons (Fsp3) is 0.625. The van der Waals surface area contributed by atoms with Crippen LogP contribution in [-0.4, -0.2) is 12.7 Å². The first-order valence-electron chi connectivity index (χ1n) is 7.45. The van der Waals surface area contributed by atoms with Crippen LogP contribution in [0.2, 0.25) is 0 Å². The monoisotopic (exact) mass is 283 g/mol. The van der Waals surface area contributed by atoms with Gasteiger partial charge in [0.05, 0.1) is 5.92 Å². The van der Waals surface area contributed by atoms with E-state index in [1.807, 2.05) is 24.3 Å². The van der Waals surface area contributed by atoms with Crippen LogP contribution < -0.4 is 5.32 Å². The number of rotatable bonds is 2. The highest BCUT2D eigenvalue weighted by molar-refractivity contribution is 5.29. The van der Waals surface area contributed by atoms with Crippen LogP contribution in [0, 0.1) is 5.92 Å². The first-order chi connectivity index (χ1) is 9.55. The van der Waals surface area contributed by atoms with Gasteiger partial charge in [-0.15, -0.1) is 0 Å². The predicted molar refractivity (Wildman–Crippen MR) is 72.6 cm³/mol. The maximum Gasteiger partial charge on any atom is 0.393 e. The van der Waals surface area contributed by atoms with E-state index in [-0.39, 0.29) is 6.42 Å². The Balaban J connectivity index is 1.79. The van der Waals surface area contributed by atoms with Crippen molar-refractivity contribution in [1.29, 1.82) is 0 Å². The number of hydrogen-bond donors (Lipinski definition) is 1. The zero-order valence-corrected chi connectivity index (χ0v) is 11.4. The van der Waals surface area contributed by atoms with E-state index in [1.54, 1.807) is 0 Å². The molecule has 1 aliphatic heterocycles. The second-order valence-corrected chi connectivity index (χ2v) is 6.02. The van der Waals surface area contributed by atoms with Crippen LogP contribution in [0.1, 0.15) is 55.2 Å². The van der Waals surface area contributed by atoms with Gasteiger partial charge < -0.3 is 5.32 Å². The SMILES string of the molecule is FC(F)(F)C1CCCNC1c1ccc(C2CCC2)cc1. The Bertz CT molecular complexity index is 448. The molecule has 0 aromatic heterocycles. The molecule has 110 valence electrons. The molecule has 0 amide bonds. The Morgan fingerprint density at radius 1 is 0.900 bits per heavy atom. The van der Waals surface area contributed by atoms with Gasteiger partial charge in [-0.3, -0.25) is 0 Å². The average molecular weight is 283 g/mol. The molecule has 1 N–H and O–H groups in total. The molecular formula is C16H20F3N. The van der Waals surface area contributed by atoms with E-state index in [2.05, 4.69) is 5.32 Å². The molecule has 3 rings (SSSR count). The average Bonchev–Trinajstić information content (AvgIpc) is 2.37. The number of piperidine rings is 1. The molecule has 1 aliphatic carbocycles. The number of alkyl halides is 3. The molecule has 20 heavy (non-hydrogen) atoms. The first kappa shape index (κ1) is 13.9. The van der Waals surface area contributed by atoms with Crippen molar-refractivity contribution in [1.82, 2.24) is 5.32 Å². The van der Waals surface area contributed by atoms with Gasteiger partial charge in [-0.2, -0.15) is 13.2 Å².